The Kier molecular flexibility index (Phi) is 5.29. The van der Waals surface area contributed by atoms with Crippen molar-refractivity contribution in [2.45, 2.75) is 6.61 Å². The summed E-state index contributed by atoms with van der Waals surface area (Å²) < 4.78 is 22.3. The van der Waals surface area contributed by atoms with Gasteiger partial charge in [-0.2, -0.15) is 0 Å². The quantitative estimate of drug-likeness (QED) is 0.637. The number of ether oxygens (including phenoxy) is 1. The van der Waals surface area contributed by atoms with Crippen molar-refractivity contribution >= 4 is 61.7 Å². The van der Waals surface area contributed by atoms with E-state index in [0.717, 1.165) is 10.0 Å². The third-order valence-electron chi connectivity index (χ3n) is 3.10. The topological polar surface area (TPSA) is 68.5 Å². The number of nitrogens with zero attached hydrogens (tertiary/aromatic N) is 3. The van der Waals surface area contributed by atoms with Crippen LogP contribution in [-0.2, 0) is 17.6 Å². The molecule has 1 unspecified atom stereocenters. The van der Waals surface area contributed by atoms with E-state index < -0.39 is 11.0 Å². The molecule has 0 aliphatic carbocycles. The van der Waals surface area contributed by atoms with Gasteiger partial charge in [0.05, 0.1) is 10.0 Å². The van der Waals surface area contributed by atoms with E-state index in [-0.39, 0.29) is 0 Å². The van der Waals surface area contributed by atoms with E-state index >= 15 is 0 Å². The van der Waals surface area contributed by atoms with Crippen molar-refractivity contribution in [2.75, 3.05) is 11.0 Å². The lowest BCUT2D eigenvalue weighted by molar-refractivity contribution is 0.305. The van der Waals surface area contributed by atoms with Gasteiger partial charge in [0.2, 0.25) is 5.95 Å². The number of nitrogens with one attached hydrogen (secondary N) is 1. The second-order valence-corrected chi connectivity index (χ2v) is 7.60. The highest BCUT2D eigenvalue weighted by atomic mass is 79.9. The lowest BCUT2D eigenvalue weighted by Gasteiger charge is -2.09. The van der Waals surface area contributed by atoms with Crippen molar-refractivity contribution in [3.05, 3.63) is 50.5 Å². The highest BCUT2D eigenvalue weighted by molar-refractivity contribution is 9.10. The van der Waals surface area contributed by atoms with Crippen LogP contribution in [0.4, 0.5) is 5.95 Å². The molecule has 3 rings (SSSR count). The number of benzene rings is 1. The maximum absolute atomic E-state index is 11.3. The largest absolute Gasteiger partial charge is 0.489 e. The molecule has 6 nitrogen and oxygen atoms in total. The van der Waals surface area contributed by atoms with Gasteiger partial charge >= 0.3 is 0 Å². The Bertz CT molecular complexity index is 935. The number of rotatable bonds is 5. The normalized spacial score (nSPS) is 12.3. The smallest absolute Gasteiger partial charge is 0.240 e. The number of halogens is 3. The van der Waals surface area contributed by atoms with E-state index in [2.05, 4.69) is 30.8 Å². The van der Waals surface area contributed by atoms with Crippen LogP contribution >= 0.6 is 39.1 Å². The van der Waals surface area contributed by atoms with Gasteiger partial charge in [0.1, 0.15) is 23.3 Å². The highest BCUT2D eigenvalue weighted by Gasteiger charge is 2.11. The van der Waals surface area contributed by atoms with Crippen molar-refractivity contribution in [1.82, 2.24) is 14.6 Å². The standard InChI is InChI=1S/C14H11BrCl2N4O2S/c1-24(22)20-14-19-18-13-4-8(10(15)6-21(13)14)7-23-9-2-3-11(16)12(17)5-9/h2-6H,7H2,1H3,(H,19,20). The zero-order valence-corrected chi connectivity index (χ0v) is 16.2. The first-order chi connectivity index (χ1) is 11.4. The average molecular weight is 450 g/mol. The SMILES string of the molecule is CS(=O)Nc1nnc2cc(COc3ccc(Cl)c(Cl)c3)c(Br)cn12. The molecule has 24 heavy (non-hydrogen) atoms. The predicted molar refractivity (Wildman–Crippen MR) is 99.2 cm³/mol. The number of anilines is 1. The van der Waals surface area contributed by atoms with Crippen LogP contribution in [0.1, 0.15) is 5.56 Å². The van der Waals surface area contributed by atoms with Gasteiger partial charge in [-0.25, -0.2) is 4.21 Å². The predicted octanol–water partition coefficient (Wildman–Crippen LogP) is 4.08. The summed E-state index contributed by atoms with van der Waals surface area (Å²) in [5.74, 6) is 1.02. The van der Waals surface area contributed by atoms with Gasteiger partial charge < -0.3 is 4.74 Å². The third kappa shape index (κ3) is 3.83. The Balaban J connectivity index is 1.83. The summed E-state index contributed by atoms with van der Waals surface area (Å²) in [7, 11) is -1.23. The first kappa shape index (κ1) is 17.5. The summed E-state index contributed by atoms with van der Waals surface area (Å²) >= 11 is 15.4. The Morgan fingerprint density at radius 1 is 1.29 bits per heavy atom. The molecule has 0 aliphatic heterocycles. The molecule has 2 aromatic heterocycles. The monoisotopic (exact) mass is 448 g/mol. The molecule has 0 saturated carbocycles. The van der Waals surface area contributed by atoms with E-state index in [4.69, 9.17) is 27.9 Å². The molecular formula is C14H11BrCl2N4O2S. The molecule has 1 N–H and O–H groups in total. The van der Waals surface area contributed by atoms with E-state index in [1.807, 2.05) is 6.07 Å². The van der Waals surface area contributed by atoms with Gasteiger partial charge in [-0.15, -0.1) is 10.2 Å². The fourth-order valence-electron chi connectivity index (χ4n) is 1.99. The van der Waals surface area contributed by atoms with Crippen LogP contribution in [0.3, 0.4) is 0 Å². The van der Waals surface area contributed by atoms with Gasteiger partial charge in [0.15, 0.2) is 5.65 Å². The maximum Gasteiger partial charge on any atom is 0.240 e. The Labute approximate surface area is 158 Å². The van der Waals surface area contributed by atoms with Crippen molar-refractivity contribution < 1.29 is 8.95 Å². The average Bonchev–Trinajstić information content (AvgIpc) is 2.89. The van der Waals surface area contributed by atoms with Crippen molar-refractivity contribution in [3.8, 4) is 5.75 Å². The molecule has 0 aliphatic rings. The molecule has 126 valence electrons. The molecule has 0 saturated heterocycles. The summed E-state index contributed by atoms with van der Waals surface area (Å²) in [5.41, 5.74) is 1.49. The van der Waals surface area contributed by atoms with E-state index in [9.17, 15) is 4.21 Å². The van der Waals surface area contributed by atoms with Crippen molar-refractivity contribution in [3.63, 3.8) is 0 Å². The first-order valence-corrected chi connectivity index (χ1v) is 9.76. The maximum atomic E-state index is 11.3. The molecule has 10 heteroatoms. The third-order valence-corrected chi connectivity index (χ3v) is 5.02. The summed E-state index contributed by atoms with van der Waals surface area (Å²) in [6.07, 6.45) is 3.31. The van der Waals surface area contributed by atoms with E-state index in [1.54, 1.807) is 28.8 Å². The fraction of sp³-hybridized carbons (Fsp3) is 0.143. The summed E-state index contributed by atoms with van der Waals surface area (Å²) in [6, 6.07) is 6.92. The zero-order valence-electron chi connectivity index (χ0n) is 12.3. The van der Waals surface area contributed by atoms with Crippen LogP contribution in [0, 0.1) is 0 Å². The minimum absolute atomic E-state index is 0.310. The highest BCUT2D eigenvalue weighted by Crippen LogP contribution is 2.28. The second kappa shape index (κ2) is 7.26. The summed E-state index contributed by atoms with van der Waals surface area (Å²) in [6.45, 7) is 0.310. The molecule has 1 atom stereocenters. The van der Waals surface area contributed by atoms with E-state index in [1.165, 1.54) is 6.26 Å². The number of fused-ring (bicyclic) bond motifs is 1. The van der Waals surface area contributed by atoms with E-state index in [0.29, 0.717) is 34.0 Å². The molecule has 0 fully saturated rings. The number of aromatic nitrogens is 3. The summed E-state index contributed by atoms with van der Waals surface area (Å²) in [5, 5.41) is 8.94. The molecule has 0 bridgehead atoms. The van der Waals surface area contributed by atoms with Crippen LogP contribution in [0.5, 0.6) is 5.75 Å². The van der Waals surface area contributed by atoms with Crippen LogP contribution in [0.2, 0.25) is 10.0 Å². The van der Waals surface area contributed by atoms with Gasteiger partial charge in [0, 0.05) is 28.6 Å². The van der Waals surface area contributed by atoms with Gasteiger partial charge in [-0.3, -0.25) is 9.12 Å². The lowest BCUT2D eigenvalue weighted by Crippen LogP contribution is -2.05. The van der Waals surface area contributed by atoms with Gasteiger partial charge in [0.25, 0.3) is 0 Å². The van der Waals surface area contributed by atoms with Crippen LogP contribution in [-0.4, -0.2) is 25.1 Å². The molecule has 0 radical (unpaired) electrons. The molecule has 0 spiro atoms. The minimum atomic E-state index is -1.23. The van der Waals surface area contributed by atoms with Gasteiger partial charge in [-0.05, 0) is 34.1 Å². The molecule has 0 amide bonds. The van der Waals surface area contributed by atoms with Gasteiger partial charge in [-0.1, -0.05) is 23.2 Å². The summed E-state index contributed by atoms with van der Waals surface area (Å²) in [4.78, 5) is 0. The fourth-order valence-corrected chi connectivity index (χ4v) is 3.10. The Hall–Kier alpha value is -1.35. The first-order valence-electron chi connectivity index (χ1n) is 6.65. The Morgan fingerprint density at radius 2 is 2.08 bits per heavy atom. The molecule has 3 aromatic rings. The second-order valence-electron chi connectivity index (χ2n) is 4.82. The zero-order chi connectivity index (χ0) is 17.3. The molecular weight excluding hydrogens is 439 g/mol. The van der Waals surface area contributed by atoms with Crippen LogP contribution < -0.4 is 9.46 Å². The number of hydrogen-bond acceptors (Lipinski definition) is 4. The molecule has 1 aromatic carbocycles. The minimum Gasteiger partial charge on any atom is -0.489 e. The lowest BCUT2D eigenvalue weighted by atomic mass is 10.3. The van der Waals surface area contributed by atoms with Crippen molar-refractivity contribution in [2.24, 2.45) is 0 Å². The molecule has 2 heterocycles. The van der Waals surface area contributed by atoms with Crippen LogP contribution in [0.15, 0.2) is 34.9 Å². The van der Waals surface area contributed by atoms with Crippen LogP contribution in [0.25, 0.3) is 5.65 Å². The number of hydrogen-bond donors (Lipinski definition) is 1. The van der Waals surface area contributed by atoms with Crippen molar-refractivity contribution in [1.29, 1.82) is 0 Å². The Morgan fingerprint density at radius 3 is 2.79 bits per heavy atom. The number of pyridine rings is 1.